The van der Waals surface area contributed by atoms with Gasteiger partial charge in [-0.1, -0.05) is 6.07 Å². The van der Waals surface area contributed by atoms with Gasteiger partial charge in [-0.15, -0.1) is 11.3 Å². The molecule has 0 aromatic carbocycles. The maximum absolute atomic E-state index is 12.1. The van der Waals surface area contributed by atoms with E-state index in [9.17, 15) is 4.79 Å². The lowest BCUT2D eigenvalue weighted by Gasteiger charge is -2.09. The first-order valence-electron chi connectivity index (χ1n) is 6.91. The molecule has 3 rings (SSSR count). The second-order valence-corrected chi connectivity index (χ2v) is 5.83. The van der Waals surface area contributed by atoms with Gasteiger partial charge < -0.3 is 5.32 Å². The van der Waals surface area contributed by atoms with Crippen molar-refractivity contribution in [1.82, 2.24) is 15.3 Å². The van der Waals surface area contributed by atoms with Crippen molar-refractivity contribution in [3.05, 3.63) is 70.3 Å². The van der Waals surface area contributed by atoms with Crippen molar-refractivity contribution in [2.45, 2.75) is 13.5 Å². The molecule has 1 N–H and O–H groups in total. The van der Waals surface area contributed by atoms with Crippen LogP contribution in [0.3, 0.4) is 0 Å². The molecule has 3 heterocycles. The molecule has 0 radical (unpaired) electrons. The Hall–Kier alpha value is -2.53. The Labute approximate surface area is 132 Å². The van der Waals surface area contributed by atoms with Gasteiger partial charge in [-0.3, -0.25) is 14.8 Å². The highest BCUT2D eigenvalue weighted by molar-refractivity contribution is 7.12. The fourth-order valence-electron chi connectivity index (χ4n) is 2.16. The number of carbonyl (C=O) groups is 1. The number of rotatable bonds is 4. The number of nitrogens with one attached hydrogen (secondary N) is 1. The summed E-state index contributed by atoms with van der Waals surface area (Å²) in [5.41, 5.74) is 3.95. The van der Waals surface area contributed by atoms with Crippen molar-refractivity contribution in [1.29, 1.82) is 0 Å². The molecular weight excluding hydrogens is 294 g/mol. The SMILES string of the molecule is Cc1csc(C(=O)NCc2cccnc2-c2ccncc2)c1. The molecule has 0 bridgehead atoms. The lowest BCUT2D eigenvalue weighted by Crippen LogP contribution is -2.22. The van der Waals surface area contributed by atoms with Crippen molar-refractivity contribution in [3.8, 4) is 11.3 Å². The third-order valence-electron chi connectivity index (χ3n) is 3.24. The molecule has 110 valence electrons. The minimum atomic E-state index is -0.0531. The lowest BCUT2D eigenvalue weighted by atomic mass is 10.1. The molecule has 0 spiro atoms. The van der Waals surface area contributed by atoms with Gasteiger partial charge in [0, 0.05) is 30.7 Å². The van der Waals surface area contributed by atoms with E-state index in [1.54, 1.807) is 18.6 Å². The minimum Gasteiger partial charge on any atom is -0.347 e. The van der Waals surface area contributed by atoms with Crippen molar-refractivity contribution in [2.75, 3.05) is 0 Å². The van der Waals surface area contributed by atoms with Gasteiger partial charge in [0.2, 0.25) is 0 Å². The van der Waals surface area contributed by atoms with E-state index in [0.717, 1.165) is 27.3 Å². The van der Waals surface area contributed by atoms with Crippen LogP contribution < -0.4 is 5.32 Å². The Morgan fingerprint density at radius 2 is 2.05 bits per heavy atom. The van der Waals surface area contributed by atoms with Crippen LogP contribution in [0.1, 0.15) is 20.8 Å². The van der Waals surface area contributed by atoms with Crippen molar-refractivity contribution in [2.24, 2.45) is 0 Å². The number of nitrogens with zero attached hydrogens (tertiary/aromatic N) is 2. The molecular formula is C17H15N3OS. The maximum Gasteiger partial charge on any atom is 0.261 e. The van der Waals surface area contributed by atoms with Gasteiger partial charge in [0.1, 0.15) is 0 Å². The third-order valence-corrected chi connectivity index (χ3v) is 4.29. The summed E-state index contributed by atoms with van der Waals surface area (Å²) in [7, 11) is 0. The van der Waals surface area contributed by atoms with Crippen LogP contribution in [0.2, 0.25) is 0 Å². The summed E-state index contributed by atoms with van der Waals surface area (Å²) in [4.78, 5) is 21.3. The van der Waals surface area contributed by atoms with E-state index in [2.05, 4.69) is 15.3 Å². The van der Waals surface area contributed by atoms with Crippen LogP contribution in [0.5, 0.6) is 0 Å². The molecule has 22 heavy (non-hydrogen) atoms. The Morgan fingerprint density at radius 3 is 2.77 bits per heavy atom. The van der Waals surface area contributed by atoms with Gasteiger partial charge in [0.15, 0.2) is 0 Å². The molecule has 3 aromatic heterocycles. The Kier molecular flexibility index (Phi) is 4.25. The van der Waals surface area contributed by atoms with Crippen LogP contribution >= 0.6 is 11.3 Å². The predicted octanol–water partition coefficient (Wildman–Crippen LogP) is 3.44. The van der Waals surface area contributed by atoms with Crippen molar-refractivity contribution < 1.29 is 4.79 Å². The van der Waals surface area contributed by atoms with Crippen LogP contribution in [-0.2, 0) is 6.54 Å². The zero-order chi connectivity index (χ0) is 15.4. The quantitative estimate of drug-likeness (QED) is 0.803. The van der Waals surface area contributed by atoms with Gasteiger partial charge in [-0.2, -0.15) is 0 Å². The molecule has 0 saturated carbocycles. The van der Waals surface area contributed by atoms with E-state index in [-0.39, 0.29) is 5.91 Å². The number of aryl methyl sites for hydroxylation is 1. The van der Waals surface area contributed by atoms with Crippen LogP contribution in [0.15, 0.2) is 54.3 Å². The van der Waals surface area contributed by atoms with Crippen LogP contribution in [0.25, 0.3) is 11.3 Å². The summed E-state index contributed by atoms with van der Waals surface area (Å²) < 4.78 is 0. The number of hydrogen-bond donors (Lipinski definition) is 1. The van der Waals surface area contributed by atoms with Crippen molar-refractivity contribution in [3.63, 3.8) is 0 Å². The summed E-state index contributed by atoms with van der Waals surface area (Å²) in [5, 5.41) is 4.93. The molecule has 0 atom stereocenters. The van der Waals surface area contributed by atoms with E-state index in [1.165, 1.54) is 11.3 Å². The molecule has 3 aromatic rings. The zero-order valence-electron chi connectivity index (χ0n) is 12.1. The first kappa shape index (κ1) is 14.4. The van der Waals surface area contributed by atoms with Gasteiger partial charge in [0.25, 0.3) is 5.91 Å². The summed E-state index contributed by atoms with van der Waals surface area (Å²) in [6, 6.07) is 9.57. The van der Waals surface area contributed by atoms with Gasteiger partial charge in [-0.25, -0.2) is 0 Å². The first-order valence-corrected chi connectivity index (χ1v) is 7.79. The molecule has 0 saturated heterocycles. The van der Waals surface area contributed by atoms with Gasteiger partial charge in [0.05, 0.1) is 10.6 Å². The number of amides is 1. The average Bonchev–Trinajstić information content (AvgIpc) is 3.00. The molecule has 1 amide bonds. The fraction of sp³-hybridized carbons (Fsp3) is 0.118. The summed E-state index contributed by atoms with van der Waals surface area (Å²) >= 11 is 1.46. The predicted molar refractivity (Wildman–Crippen MR) is 87.7 cm³/mol. The normalized spacial score (nSPS) is 10.4. The van der Waals surface area contributed by atoms with E-state index in [1.807, 2.05) is 42.6 Å². The Balaban J connectivity index is 1.77. The van der Waals surface area contributed by atoms with Gasteiger partial charge in [-0.05, 0) is 47.7 Å². The number of thiophene rings is 1. The van der Waals surface area contributed by atoms with Crippen molar-refractivity contribution >= 4 is 17.2 Å². The molecule has 0 aliphatic heterocycles. The van der Waals surface area contributed by atoms with E-state index in [0.29, 0.717) is 6.54 Å². The second-order valence-electron chi connectivity index (χ2n) is 4.92. The molecule has 4 nitrogen and oxygen atoms in total. The number of carbonyl (C=O) groups excluding carboxylic acids is 1. The Bertz CT molecular complexity index is 783. The highest BCUT2D eigenvalue weighted by Gasteiger charge is 2.10. The molecule has 0 fully saturated rings. The zero-order valence-corrected chi connectivity index (χ0v) is 12.9. The average molecular weight is 309 g/mol. The Morgan fingerprint density at radius 1 is 1.23 bits per heavy atom. The molecule has 0 unspecified atom stereocenters. The largest absolute Gasteiger partial charge is 0.347 e. The number of hydrogen-bond acceptors (Lipinski definition) is 4. The standard InChI is InChI=1S/C17H15N3OS/c1-12-9-15(22-11-12)17(21)20-10-14-3-2-6-19-16(14)13-4-7-18-8-5-13/h2-9,11H,10H2,1H3,(H,20,21). The third kappa shape index (κ3) is 3.20. The van der Waals surface area contributed by atoms with E-state index in [4.69, 9.17) is 0 Å². The van der Waals surface area contributed by atoms with Crippen LogP contribution in [0.4, 0.5) is 0 Å². The second kappa shape index (κ2) is 6.49. The monoisotopic (exact) mass is 309 g/mol. The topological polar surface area (TPSA) is 54.9 Å². The van der Waals surface area contributed by atoms with Crippen LogP contribution in [0, 0.1) is 6.92 Å². The lowest BCUT2D eigenvalue weighted by molar-refractivity contribution is 0.0955. The number of aromatic nitrogens is 2. The summed E-state index contributed by atoms with van der Waals surface area (Å²) in [6.07, 6.45) is 5.23. The van der Waals surface area contributed by atoms with Crippen LogP contribution in [-0.4, -0.2) is 15.9 Å². The summed E-state index contributed by atoms with van der Waals surface area (Å²) in [6.45, 7) is 2.43. The first-order chi connectivity index (χ1) is 10.7. The summed E-state index contributed by atoms with van der Waals surface area (Å²) in [5.74, 6) is -0.0531. The maximum atomic E-state index is 12.1. The highest BCUT2D eigenvalue weighted by atomic mass is 32.1. The number of pyridine rings is 2. The van der Waals surface area contributed by atoms with E-state index >= 15 is 0 Å². The minimum absolute atomic E-state index is 0.0531. The molecule has 0 aliphatic rings. The van der Waals surface area contributed by atoms with E-state index < -0.39 is 0 Å². The smallest absolute Gasteiger partial charge is 0.261 e. The molecule has 0 aliphatic carbocycles. The highest BCUT2D eigenvalue weighted by Crippen LogP contribution is 2.20. The molecule has 5 heteroatoms. The fourth-order valence-corrected chi connectivity index (χ4v) is 2.98. The van der Waals surface area contributed by atoms with Gasteiger partial charge >= 0.3 is 0 Å².